The van der Waals surface area contributed by atoms with E-state index >= 15 is 0 Å². The Kier molecular flexibility index (Phi) is 5.34. The van der Waals surface area contributed by atoms with Gasteiger partial charge >= 0.3 is 0 Å². The molecule has 0 radical (unpaired) electrons. The highest BCUT2D eigenvalue weighted by Gasteiger charge is 2.24. The van der Waals surface area contributed by atoms with E-state index < -0.39 is 0 Å². The summed E-state index contributed by atoms with van der Waals surface area (Å²) in [6, 6.07) is 48.3. The van der Waals surface area contributed by atoms with Crippen LogP contribution in [0.25, 0.3) is 78.0 Å². The molecule has 5 heteroatoms. The second-order valence-corrected chi connectivity index (χ2v) is 12.0. The molecule has 0 amide bonds. The van der Waals surface area contributed by atoms with Crippen molar-refractivity contribution in [1.29, 1.82) is 0 Å². The summed E-state index contributed by atoms with van der Waals surface area (Å²) in [5.41, 5.74) is 16.4. The minimum Gasteiger partial charge on any atom is -0.278 e. The molecule has 0 atom stereocenters. The number of hydrogen-bond acceptors (Lipinski definition) is 3. The van der Waals surface area contributed by atoms with Crippen LogP contribution in [0.5, 0.6) is 0 Å². The third-order valence-corrected chi connectivity index (χ3v) is 9.46. The topological polar surface area (TPSA) is 47.0 Å². The van der Waals surface area contributed by atoms with Crippen LogP contribution >= 0.6 is 0 Å². The first-order valence-corrected chi connectivity index (χ1v) is 15.7. The van der Waals surface area contributed by atoms with E-state index in [0.717, 1.165) is 44.9 Å². The molecular formula is C41H27N5. The fourth-order valence-corrected chi connectivity index (χ4v) is 7.47. The van der Waals surface area contributed by atoms with E-state index in [1.807, 2.05) is 6.21 Å². The van der Waals surface area contributed by atoms with Gasteiger partial charge in [-0.3, -0.25) is 14.0 Å². The number of fused-ring (bicyclic) bond motifs is 13. The van der Waals surface area contributed by atoms with E-state index in [9.17, 15) is 0 Å². The zero-order valence-corrected chi connectivity index (χ0v) is 24.9. The predicted octanol–water partition coefficient (Wildman–Crippen LogP) is 9.44. The first-order chi connectivity index (χ1) is 22.8. The van der Waals surface area contributed by atoms with Crippen molar-refractivity contribution in [3.05, 3.63) is 139 Å². The largest absolute Gasteiger partial charge is 0.278 e. The second-order valence-electron chi connectivity index (χ2n) is 12.0. The van der Waals surface area contributed by atoms with Gasteiger partial charge in [-0.15, -0.1) is 0 Å². The lowest BCUT2D eigenvalue weighted by molar-refractivity contribution is 1.11. The van der Waals surface area contributed by atoms with Gasteiger partial charge in [0.2, 0.25) is 5.78 Å². The van der Waals surface area contributed by atoms with E-state index in [-0.39, 0.29) is 0 Å². The molecule has 8 aromatic rings. The number of rotatable bonds is 3. The molecule has 1 aliphatic carbocycles. The molecule has 0 N–H and O–H groups in total. The standard InChI is InChI=1S/C41H27N5/c1-2-12-29-28(11-1)30-13-3-4-15-32(30)34-21-20-27(25-35(34)33-16-6-5-14-31(29)33)45-36-17-7-8-18-37(36)46-38-19-9-10-26(40(38)44-41(45)46)24-39-42-22-23-43-39/h1-22,25H,23-24H2. The van der Waals surface area contributed by atoms with Crippen molar-refractivity contribution >= 4 is 39.9 Å². The molecule has 0 saturated carbocycles. The smallest absolute Gasteiger partial charge is 0.220 e. The van der Waals surface area contributed by atoms with Gasteiger partial charge < -0.3 is 0 Å². The maximum absolute atomic E-state index is 5.35. The van der Waals surface area contributed by atoms with E-state index in [2.05, 4.69) is 152 Å². The van der Waals surface area contributed by atoms with Crippen LogP contribution in [-0.4, -0.2) is 32.5 Å². The molecule has 216 valence electrons. The van der Waals surface area contributed by atoms with Crippen molar-refractivity contribution in [1.82, 2.24) is 14.0 Å². The number of hydrogen-bond donors (Lipinski definition) is 0. The minimum atomic E-state index is 0.656. The number of aliphatic imine (C=N–C) groups is 2. The maximum Gasteiger partial charge on any atom is 0.220 e. The molecule has 0 bridgehead atoms. The third kappa shape index (κ3) is 3.60. The lowest BCUT2D eigenvalue weighted by atomic mass is 9.81. The van der Waals surface area contributed by atoms with E-state index in [1.165, 1.54) is 44.5 Å². The summed E-state index contributed by atoms with van der Waals surface area (Å²) in [7, 11) is 0. The van der Waals surface area contributed by atoms with Crippen molar-refractivity contribution in [2.45, 2.75) is 6.42 Å². The van der Waals surface area contributed by atoms with Gasteiger partial charge in [0, 0.05) is 18.3 Å². The summed E-state index contributed by atoms with van der Waals surface area (Å²) in [5, 5.41) is 0. The highest BCUT2D eigenvalue weighted by atomic mass is 15.2. The monoisotopic (exact) mass is 589 g/mol. The van der Waals surface area contributed by atoms with Crippen molar-refractivity contribution in [3.8, 4) is 50.2 Å². The normalized spacial score (nSPS) is 13.3. The fraction of sp³-hybridized carbons (Fsp3) is 0.0488. The molecule has 0 spiro atoms. The number of nitrogens with zero attached hydrogens (tertiary/aromatic N) is 5. The summed E-state index contributed by atoms with van der Waals surface area (Å²) in [5.74, 6) is 1.76. The molecule has 1 aliphatic heterocycles. The molecular weight excluding hydrogens is 562 g/mol. The number of amidine groups is 1. The van der Waals surface area contributed by atoms with Crippen LogP contribution in [0.3, 0.4) is 0 Å². The highest BCUT2D eigenvalue weighted by Crippen LogP contribution is 2.48. The number of para-hydroxylation sites is 3. The van der Waals surface area contributed by atoms with E-state index in [4.69, 9.17) is 4.98 Å². The van der Waals surface area contributed by atoms with Gasteiger partial charge in [0.1, 0.15) is 5.84 Å². The van der Waals surface area contributed by atoms with Crippen LogP contribution in [-0.2, 0) is 6.42 Å². The average Bonchev–Trinajstić information content (AvgIpc) is 3.84. The van der Waals surface area contributed by atoms with Gasteiger partial charge in [0.25, 0.3) is 0 Å². The van der Waals surface area contributed by atoms with Crippen LogP contribution in [0.1, 0.15) is 5.56 Å². The molecule has 5 nitrogen and oxygen atoms in total. The highest BCUT2D eigenvalue weighted by molar-refractivity contribution is 6.04. The molecule has 6 aromatic carbocycles. The van der Waals surface area contributed by atoms with Crippen LogP contribution < -0.4 is 0 Å². The number of benzene rings is 6. The van der Waals surface area contributed by atoms with Crippen LogP contribution in [0.15, 0.2) is 143 Å². The molecule has 0 saturated heterocycles. The zero-order chi connectivity index (χ0) is 30.2. The Morgan fingerprint density at radius 3 is 1.72 bits per heavy atom. The van der Waals surface area contributed by atoms with Gasteiger partial charge in [0.15, 0.2) is 0 Å². The molecule has 2 aromatic heterocycles. The Hall–Kier alpha value is -6.07. The molecule has 3 heterocycles. The molecule has 2 aliphatic rings. The summed E-state index contributed by atoms with van der Waals surface area (Å²) in [6.07, 6.45) is 2.54. The van der Waals surface area contributed by atoms with Gasteiger partial charge in [-0.1, -0.05) is 103 Å². The summed E-state index contributed by atoms with van der Waals surface area (Å²) in [6.45, 7) is 0.656. The van der Waals surface area contributed by atoms with Crippen molar-refractivity contribution in [2.75, 3.05) is 6.54 Å². The molecule has 0 fully saturated rings. The Balaban J connectivity index is 1.26. The number of imidazole rings is 2. The first-order valence-electron chi connectivity index (χ1n) is 15.7. The van der Waals surface area contributed by atoms with Crippen LogP contribution in [0, 0.1) is 0 Å². The summed E-state index contributed by atoms with van der Waals surface area (Å²) >= 11 is 0. The van der Waals surface area contributed by atoms with Crippen molar-refractivity contribution in [2.24, 2.45) is 9.98 Å². The third-order valence-electron chi connectivity index (χ3n) is 9.46. The SMILES string of the molecule is C1=NC(Cc2cccc3c2nc2n(-c4ccc5c(c4)-c4ccccc4-c4ccccc4-c4ccccc4-5)c4ccccc4n32)=NC1. The van der Waals surface area contributed by atoms with Crippen LogP contribution in [0.4, 0.5) is 0 Å². The minimum absolute atomic E-state index is 0.656. The molecule has 10 rings (SSSR count). The second kappa shape index (κ2) is 9.71. The van der Waals surface area contributed by atoms with Gasteiger partial charge in [0.05, 0.1) is 28.6 Å². The van der Waals surface area contributed by atoms with Gasteiger partial charge in [-0.05, 0) is 80.4 Å². The zero-order valence-electron chi connectivity index (χ0n) is 24.9. The average molecular weight is 590 g/mol. The van der Waals surface area contributed by atoms with Crippen molar-refractivity contribution < 1.29 is 0 Å². The van der Waals surface area contributed by atoms with Gasteiger partial charge in [-0.2, -0.15) is 0 Å². The van der Waals surface area contributed by atoms with E-state index in [0.29, 0.717) is 13.0 Å². The van der Waals surface area contributed by atoms with Gasteiger partial charge in [-0.25, -0.2) is 9.98 Å². The quantitative estimate of drug-likeness (QED) is 0.202. The fourth-order valence-electron chi connectivity index (χ4n) is 7.47. The summed E-state index contributed by atoms with van der Waals surface area (Å²) in [4.78, 5) is 14.4. The first kappa shape index (κ1) is 25.3. The maximum atomic E-state index is 5.35. The lowest BCUT2D eigenvalue weighted by Crippen LogP contribution is -2.00. The molecule has 0 unspecified atom stereocenters. The number of aromatic nitrogens is 3. The lowest BCUT2D eigenvalue weighted by Gasteiger charge is -2.23. The Labute approximate surface area is 265 Å². The Bertz CT molecular complexity index is 2590. The van der Waals surface area contributed by atoms with Crippen molar-refractivity contribution in [3.63, 3.8) is 0 Å². The summed E-state index contributed by atoms with van der Waals surface area (Å²) < 4.78 is 4.61. The van der Waals surface area contributed by atoms with E-state index in [1.54, 1.807) is 0 Å². The Morgan fingerprint density at radius 2 is 1.09 bits per heavy atom. The predicted molar refractivity (Wildman–Crippen MR) is 189 cm³/mol. The van der Waals surface area contributed by atoms with Crippen LogP contribution in [0.2, 0.25) is 0 Å². The Morgan fingerprint density at radius 1 is 0.522 bits per heavy atom. The molecule has 46 heavy (non-hydrogen) atoms.